The van der Waals surface area contributed by atoms with E-state index in [4.69, 9.17) is 14.5 Å². The Morgan fingerprint density at radius 1 is 1.22 bits per heavy atom. The van der Waals surface area contributed by atoms with Crippen LogP contribution in [-0.2, 0) is 25.6 Å². The number of fused-ring (bicyclic) bond motifs is 2. The van der Waals surface area contributed by atoms with Gasteiger partial charge in [-0.05, 0) is 42.7 Å². The van der Waals surface area contributed by atoms with Crippen LogP contribution in [0.5, 0.6) is 5.75 Å². The number of ether oxygens (including phenoxy) is 1. The molecule has 9 heteroatoms. The van der Waals surface area contributed by atoms with Crippen LogP contribution in [-0.4, -0.2) is 21.3 Å². The smallest absolute Gasteiger partial charge is 0.437 e. The number of aryl methyl sites for hydroxylation is 2. The molecule has 32 heavy (non-hydrogen) atoms. The highest BCUT2D eigenvalue weighted by atomic mass is 19.4. The molecule has 2 aromatic carbocycles. The fourth-order valence-electron chi connectivity index (χ4n) is 3.77. The number of hydrogen-bond acceptors (Lipinski definition) is 5. The summed E-state index contributed by atoms with van der Waals surface area (Å²) >= 11 is 0. The third-order valence-electron chi connectivity index (χ3n) is 5.24. The first kappa shape index (κ1) is 21.7. The van der Waals surface area contributed by atoms with Crippen molar-refractivity contribution in [3.63, 3.8) is 0 Å². The van der Waals surface area contributed by atoms with Crippen molar-refractivity contribution in [2.24, 2.45) is 0 Å². The Balaban J connectivity index is 1.46. The molecule has 2 aromatic heterocycles. The number of benzene rings is 2. The molecular formula is C23H21F3N4O2. The number of rotatable bonds is 8. The first-order valence-corrected chi connectivity index (χ1v) is 10.3. The van der Waals surface area contributed by atoms with Gasteiger partial charge in [0.2, 0.25) is 0 Å². The topological polar surface area (TPSA) is 76.9 Å². The Kier molecular flexibility index (Phi) is 6.04. The van der Waals surface area contributed by atoms with Crippen molar-refractivity contribution in [3.8, 4) is 11.8 Å². The van der Waals surface area contributed by atoms with Crippen molar-refractivity contribution in [2.75, 3.05) is 6.61 Å². The van der Waals surface area contributed by atoms with Crippen molar-refractivity contribution in [1.82, 2.24) is 14.7 Å². The summed E-state index contributed by atoms with van der Waals surface area (Å²) in [5.41, 5.74) is 2.45. The highest BCUT2D eigenvalue weighted by molar-refractivity contribution is 5.85. The normalized spacial score (nSPS) is 11.8. The molecule has 166 valence electrons. The van der Waals surface area contributed by atoms with Gasteiger partial charge < -0.3 is 13.8 Å². The highest BCUT2D eigenvalue weighted by Gasteiger charge is 2.37. The average molecular weight is 442 g/mol. The number of nitriles is 1. The zero-order valence-corrected chi connectivity index (χ0v) is 17.4. The molecule has 2 heterocycles. The van der Waals surface area contributed by atoms with Crippen LogP contribution in [0.3, 0.4) is 0 Å². The van der Waals surface area contributed by atoms with Crippen LogP contribution in [0.1, 0.15) is 36.6 Å². The lowest BCUT2D eigenvalue weighted by atomic mass is 10.0. The lowest BCUT2D eigenvalue weighted by Crippen LogP contribution is -2.06. The van der Waals surface area contributed by atoms with E-state index in [0.717, 1.165) is 23.0 Å². The third-order valence-corrected chi connectivity index (χ3v) is 5.24. The molecule has 6 nitrogen and oxygen atoms in total. The largest absolute Gasteiger partial charge is 0.493 e. The summed E-state index contributed by atoms with van der Waals surface area (Å²) in [6.45, 7) is 2.99. The maximum Gasteiger partial charge on any atom is 0.437 e. The van der Waals surface area contributed by atoms with E-state index in [-0.39, 0.29) is 11.0 Å². The standard InChI is InChI=1S/C23H21F3N4O2/c1-2-4-16-20(8-6-17-21(16)32-29-22(17)23(24,25)26)31-12-3-11-30-14-28-18-13-15(9-10-27)5-7-19(18)30/h5-8,13-14H,2-4,9,11-12H2,1H3. The second-order valence-corrected chi connectivity index (χ2v) is 7.50. The van der Waals surface area contributed by atoms with Gasteiger partial charge in [-0.1, -0.05) is 24.6 Å². The summed E-state index contributed by atoms with van der Waals surface area (Å²) in [6.07, 6.45) is -0.540. The van der Waals surface area contributed by atoms with Crippen molar-refractivity contribution >= 4 is 22.0 Å². The van der Waals surface area contributed by atoms with Crippen molar-refractivity contribution < 1.29 is 22.4 Å². The first-order valence-electron chi connectivity index (χ1n) is 10.3. The molecule has 4 rings (SSSR count). The van der Waals surface area contributed by atoms with Crippen LogP contribution in [0.2, 0.25) is 0 Å². The quantitative estimate of drug-likeness (QED) is 0.328. The zero-order valence-electron chi connectivity index (χ0n) is 17.4. The van der Waals surface area contributed by atoms with E-state index in [9.17, 15) is 13.2 Å². The van der Waals surface area contributed by atoms with Crippen LogP contribution in [0.25, 0.3) is 22.0 Å². The summed E-state index contributed by atoms with van der Waals surface area (Å²) in [4.78, 5) is 4.39. The molecule has 0 radical (unpaired) electrons. The summed E-state index contributed by atoms with van der Waals surface area (Å²) in [6, 6.07) is 10.8. The van der Waals surface area contributed by atoms with E-state index < -0.39 is 11.9 Å². The molecule has 0 N–H and O–H groups in total. The molecular weight excluding hydrogens is 421 g/mol. The van der Waals surface area contributed by atoms with Crippen LogP contribution < -0.4 is 4.74 Å². The zero-order chi connectivity index (χ0) is 22.7. The Morgan fingerprint density at radius 3 is 2.81 bits per heavy atom. The maximum absolute atomic E-state index is 13.1. The van der Waals surface area contributed by atoms with Gasteiger partial charge in [0.05, 0.1) is 41.8 Å². The molecule has 0 aliphatic carbocycles. The molecule has 0 atom stereocenters. The van der Waals surface area contributed by atoms with Gasteiger partial charge in [-0.3, -0.25) is 0 Å². The molecule has 0 spiro atoms. The first-order chi connectivity index (χ1) is 15.4. The minimum absolute atomic E-state index is 0.0473. The van der Waals surface area contributed by atoms with E-state index >= 15 is 0 Å². The number of nitrogens with zero attached hydrogens (tertiary/aromatic N) is 4. The fraction of sp³-hybridized carbons (Fsp3) is 0.348. The maximum atomic E-state index is 13.1. The van der Waals surface area contributed by atoms with E-state index in [1.807, 2.05) is 29.7 Å². The fourth-order valence-corrected chi connectivity index (χ4v) is 3.77. The lowest BCUT2D eigenvalue weighted by molar-refractivity contribution is -0.141. The summed E-state index contributed by atoms with van der Waals surface area (Å²) < 4.78 is 52.4. The minimum atomic E-state index is -4.57. The molecule has 0 unspecified atom stereocenters. The van der Waals surface area contributed by atoms with E-state index in [1.54, 1.807) is 12.4 Å². The molecule has 0 saturated carbocycles. The predicted octanol–water partition coefficient (Wildman–Crippen LogP) is 5.68. The van der Waals surface area contributed by atoms with Crippen molar-refractivity contribution in [2.45, 2.75) is 45.3 Å². The van der Waals surface area contributed by atoms with E-state index in [2.05, 4.69) is 16.2 Å². The summed E-state index contributed by atoms with van der Waals surface area (Å²) in [7, 11) is 0. The van der Waals surface area contributed by atoms with Gasteiger partial charge in [0.15, 0.2) is 11.3 Å². The Morgan fingerprint density at radius 2 is 2.06 bits per heavy atom. The Hall–Kier alpha value is -3.54. The summed E-state index contributed by atoms with van der Waals surface area (Å²) in [5.74, 6) is 0.515. The lowest BCUT2D eigenvalue weighted by Gasteiger charge is -2.12. The van der Waals surface area contributed by atoms with Gasteiger partial charge in [0, 0.05) is 12.1 Å². The van der Waals surface area contributed by atoms with E-state index in [0.29, 0.717) is 43.7 Å². The minimum Gasteiger partial charge on any atom is -0.493 e. The Labute approximate surface area is 182 Å². The second kappa shape index (κ2) is 8.91. The van der Waals surface area contributed by atoms with Gasteiger partial charge in [0.25, 0.3) is 0 Å². The molecule has 0 bridgehead atoms. The highest BCUT2D eigenvalue weighted by Crippen LogP contribution is 2.38. The van der Waals surface area contributed by atoms with Crippen LogP contribution in [0.15, 0.2) is 41.2 Å². The van der Waals surface area contributed by atoms with Gasteiger partial charge in [-0.2, -0.15) is 18.4 Å². The van der Waals surface area contributed by atoms with E-state index in [1.165, 1.54) is 6.07 Å². The molecule has 0 fully saturated rings. The van der Waals surface area contributed by atoms with Gasteiger partial charge in [-0.25, -0.2) is 4.98 Å². The monoisotopic (exact) mass is 442 g/mol. The van der Waals surface area contributed by atoms with Gasteiger partial charge >= 0.3 is 6.18 Å². The number of imidazole rings is 1. The molecule has 0 saturated heterocycles. The Bertz CT molecular complexity index is 1280. The molecule has 0 aliphatic rings. The second-order valence-electron chi connectivity index (χ2n) is 7.50. The summed E-state index contributed by atoms with van der Waals surface area (Å²) in [5, 5.41) is 12.0. The number of hydrogen-bond donors (Lipinski definition) is 0. The SMILES string of the molecule is CCCc1c(OCCCn2cnc3cc(CC#N)ccc32)ccc2c(C(F)(F)F)noc12. The molecule has 0 aliphatic heterocycles. The van der Waals surface area contributed by atoms with Crippen LogP contribution in [0, 0.1) is 11.3 Å². The third kappa shape index (κ3) is 4.26. The number of halogens is 3. The molecule has 4 aromatic rings. The van der Waals surface area contributed by atoms with Gasteiger partial charge in [-0.15, -0.1) is 0 Å². The predicted molar refractivity (Wildman–Crippen MR) is 112 cm³/mol. The van der Waals surface area contributed by atoms with Crippen LogP contribution in [0.4, 0.5) is 13.2 Å². The van der Waals surface area contributed by atoms with Crippen molar-refractivity contribution in [3.05, 3.63) is 53.5 Å². The number of aromatic nitrogens is 3. The van der Waals surface area contributed by atoms with Crippen molar-refractivity contribution in [1.29, 1.82) is 5.26 Å². The van der Waals surface area contributed by atoms with Gasteiger partial charge in [0.1, 0.15) is 5.75 Å². The van der Waals surface area contributed by atoms with Crippen LogP contribution >= 0.6 is 0 Å². The average Bonchev–Trinajstić information content (AvgIpc) is 3.37. The number of alkyl halides is 3. The molecule has 0 amide bonds.